The van der Waals surface area contributed by atoms with Crippen molar-refractivity contribution in [2.75, 3.05) is 30.9 Å². The van der Waals surface area contributed by atoms with E-state index in [1.54, 1.807) is 30.3 Å². The SMILES string of the molecule is COc1cc(/C=C2/SC(=O)N(CC(=O)Nc3ccc(C)c(C)c3)C2=O)c(Br)cc1OCC(=O)Nc1ccc(C)cc1. The Bertz CT molecular complexity index is 1550. The highest BCUT2D eigenvalue weighted by molar-refractivity contribution is 9.10. The summed E-state index contributed by atoms with van der Waals surface area (Å²) >= 11 is 4.20. The molecule has 4 rings (SSSR count). The zero-order valence-electron chi connectivity index (χ0n) is 22.9. The van der Waals surface area contributed by atoms with Gasteiger partial charge in [-0.2, -0.15) is 0 Å². The largest absolute Gasteiger partial charge is 0.493 e. The van der Waals surface area contributed by atoms with E-state index in [1.807, 2.05) is 45.0 Å². The van der Waals surface area contributed by atoms with Crippen molar-refractivity contribution in [2.24, 2.45) is 0 Å². The van der Waals surface area contributed by atoms with Crippen molar-refractivity contribution >= 4 is 68.1 Å². The topological polar surface area (TPSA) is 114 Å². The molecule has 1 aliphatic rings. The number of carbonyl (C=O) groups is 4. The van der Waals surface area contributed by atoms with Crippen molar-refractivity contribution in [3.8, 4) is 11.5 Å². The van der Waals surface area contributed by atoms with Gasteiger partial charge in [-0.3, -0.25) is 24.1 Å². The van der Waals surface area contributed by atoms with Crippen molar-refractivity contribution in [3.63, 3.8) is 0 Å². The second-order valence-corrected chi connectivity index (χ2v) is 11.2. The normalized spacial score (nSPS) is 13.9. The third-order valence-electron chi connectivity index (χ3n) is 6.23. The molecule has 9 nitrogen and oxygen atoms in total. The Morgan fingerprint density at radius 3 is 2.27 bits per heavy atom. The summed E-state index contributed by atoms with van der Waals surface area (Å²) in [5.41, 5.74) is 4.97. The van der Waals surface area contributed by atoms with E-state index >= 15 is 0 Å². The van der Waals surface area contributed by atoms with E-state index in [0.717, 1.165) is 33.4 Å². The molecular formula is C30H28BrN3O6S. The molecule has 0 bridgehead atoms. The van der Waals surface area contributed by atoms with E-state index in [2.05, 4.69) is 26.6 Å². The van der Waals surface area contributed by atoms with E-state index in [4.69, 9.17) is 9.47 Å². The van der Waals surface area contributed by atoms with Crippen molar-refractivity contribution in [1.82, 2.24) is 4.90 Å². The number of hydrogen-bond donors (Lipinski definition) is 2. The molecule has 0 spiro atoms. The van der Waals surface area contributed by atoms with E-state index in [0.29, 0.717) is 32.9 Å². The molecule has 11 heteroatoms. The van der Waals surface area contributed by atoms with Gasteiger partial charge in [-0.25, -0.2) is 0 Å². The molecule has 2 N–H and O–H groups in total. The molecule has 41 heavy (non-hydrogen) atoms. The van der Waals surface area contributed by atoms with Gasteiger partial charge in [-0.15, -0.1) is 0 Å². The number of methoxy groups -OCH3 is 1. The highest BCUT2D eigenvalue weighted by Crippen LogP contribution is 2.38. The van der Waals surface area contributed by atoms with Crippen LogP contribution in [0.15, 0.2) is 64.0 Å². The van der Waals surface area contributed by atoms with Gasteiger partial charge in [-0.05, 0) is 91.7 Å². The number of imide groups is 1. The highest BCUT2D eigenvalue weighted by Gasteiger charge is 2.36. The Kier molecular flexibility index (Phi) is 9.51. The molecule has 1 fully saturated rings. The Hall–Kier alpha value is -4.09. The van der Waals surface area contributed by atoms with Crippen LogP contribution >= 0.6 is 27.7 Å². The standard InChI is InChI=1S/C30H28BrN3O6S/c1-17-5-8-21(9-6-17)32-28(36)16-40-25-14-23(31)20(12-24(25)39-4)13-26-29(37)34(30(38)41-26)15-27(35)33-22-10-7-18(2)19(3)11-22/h5-14H,15-16H2,1-4H3,(H,32,36)(H,33,35)/b26-13+. The lowest BCUT2D eigenvalue weighted by Gasteiger charge is -2.14. The van der Waals surface area contributed by atoms with Crippen LogP contribution in [-0.2, 0) is 14.4 Å². The number of nitrogens with one attached hydrogen (secondary N) is 2. The number of amides is 4. The quantitative estimate of drug-likeness (QED) is 0.274. The number of benzene rings is 3. The third kappa shape index (κ3) is 7.56. The molecule has 0 aliphatic carbocycles. The maximum absolute atomic E-state index is 13.0. The molecule has 0 aromatic heterocycles. The van der Waals surface area contributed by atoms with Crippen LogP contribution in [0.1, 0.15) is 22.3 Å². The fraction of sp³-hybridized carbons (Fsp3) is 0.200. The molecule has 0 unspecified atom stereocenters. The predicted octanol–water partition coefficient (Wildman–Crippen LogP) is 6.08. The lowest BCUT2D eigenvalue weighted by atomic mass is 10.1. The Morgan fingerprint density at radius 1 is 0.902 bits per heavy atom. The summed E-state index contributed by atoms with van der Waals surface area (Å²) in [6.45, 7) is 5.20. The first-order chi connectivity index (χ1) is 19.5. The monoisotopic (exact) mass is 637 g/mol. The Morgan fingerprint density at radius 2 is 1.59 bits per heavy atom. The lowest BCUT2D eigenvalue weighted by molar-refractivity contribution is -0.127. The van der Waals surface area contributed by atoms with E-state index < -0.39 is 23.6 Å². The van der Waals surface area contributed by atoms with Gasteiger partial charge < -0.3 is 20.1 Å². The molecule has 1 saturated heterocycles. The minimum Gasteiger partial charge on any atom is -0.493 e. The first kappa shape index (κ1) is 29.9. The predicted molar refractivity (Wildman–Crippen MR) is 163 cm³/mol. The average molecular weight is 639 g/mol. The second kappa shape index (κ2) is 13.0. The highest BCUT2D eigenvalue weighted by atomic mass is 79.9. The van der Waals surface area contributed by atoms with Gasteiger partial charge in [0.25, 0.3) is 17.1 Å². The fourth-order valence-corrected chi connectivity index (χ4v) is 5.12. The van der Waals surface area contributed by atoms with Crippen LogP contribution in [0.2, 0.25) is 0 Å². The first-order valence-corrected chi connectivity index (χ1v) is 14.1. The van der Waals surface area contributed by atoms with Gasteiger partial charge in [0.05, 0.1) is 12.0 Å². The van der Waals surface area contributed by atoms with Gasteiger partial charge in [0, 0.05) is 15.8 Å². The molecule has 3 aromatic carbocycles. The molecule has 3 aromatic rings. The van der Waals surface area contributed by atoms with Crippen LogP contribution in [0.3, 0.4) is 0 Å². The maximum atomic E-state index is 13.0. The van der Waals surface area contributed by atoms with Gasteiger partial charge >= 0.3 is 0 Å². The summed E-state index contributed by atoms with van der Waals surface area (Å²) in [5.74, 6) is -0.755. The maximum Gasteiger partial charge on any atom is 0.294 e. The molecule has 0 saturated carbocycles. The summed E-state index contributed by atoms with van der Waals surface area (Å²) in [4.78, 5) is 51.6. The average Bonchev–Trinajstić information content (AvgIpc) is 3.19. The smallest absolute Gasteiger partial charge is 0.294 e. The zero-order valence-corrected chi connectivity index (χ0v) is 25.3. The van der Waals surface area contributed by atoms with Crippen molar-refractivity contribution < 1.29 is 28.7 Å². The van der Waals surface area contributed by atoms with Crippen LogP contribution < -0.4 is 20.1 Å². The Balaban J connectivity index is 1.42. The van der Waals surface area contributed by atoms with Crippen LogP contribution in [0, 0.1) is 20.8 Å². The zero-order chi connectivity index (χ0) is 29.7. The molecule has 1 aliphatic heterocycles. The van der Waals surface area contributed by atoms with Gasteiger partial charge in [0.15, 0.2) is 18.1 Å². The van der Waals surface area contributed by atoms with Crippen LogP contribution in [0.5, 0.6) is 11.5 Å². The van der Waals surface area contributed by atoms with E-state index in [1.165, 1.54) is 13.2 Å². The lowest BCUT2D eigenvalue weighted by Crippen LogP contribution is -2.36. The summed E-state index contributed by atoms with van der Waals surface area (Å²) in [6, 6.07) is 16.1. The van der Waals surface area contributed by atoms with Crippen molar-refractivity contribution in [2.45, 2.75) is 20.8 Å². The van der Waals surface area contributed by atoms with Crippen LogP contribution in [-0.4, -0.2) is 48.1 Å². The number of ether oxygens (including phenoxy) is 2. The molecule has 4 amide bonds. The molecule has 212 valence electrons. The van der Waals surface area contributed by atoms with Crippen LogP contribution in [0.25, 0.3) is 6.08 Å². The summed E-state index contributed by atoms with van der Waals surface area (Å²) in [6.07, 6.45) is 1.53. The minimum absolute atomic E-state index is 0.155. The van der Waals surface area contributed by atoms with E-state index in [-0.39, 0.29) is 17.4 Å². The Labute approximate surface area is 250 Å². The summed E-state index contributed by atoms with van der Waals surface area (Å²) in [5, 5.41) is 4.95. The first-order valence-electron chi connectivity index (χ1n) is 12.5. The second-order valence-electron chi connectivity index (χ2n) is 9.34. The number of anilines is 2. The minimum atomic E-state index is -0.575. The summed E-state index contributed by atoms with van der Waals surface area (Å²) < 4.78 is 11.7. The fourth-order valence-electron chi connectivity index (χ4n) is 3.85. The van der Waals surface area contributed by atoms with Crippen molar-refractivity contribution in [1.29, 1.82) is 0 Å². The number of rotatable bonds is 9. The van der Waals surface area contributed by atoms with Crippen molar-refractivity contribution in [3.05, 3.63) is 86.2 Å². The number of halogens is 1. The van der Waals surface area contributed by atoms with E-state index in [9.17, 15) is 19.2 Å². The van der Waals surface area contributed by atoms with Gasteiger partial charge in [0.2, 0.25) is 5.91 Å². The molecule has 0 radical (unpaired) electrons. The van der Waals surface area contributed by atoms with Crippen LogP contribution in [0.4, 0.5) is 16.2 Å². The number of nitrogens with zero attached hydrogens (tertiary/aromatic N) is 1. The number of carbonyl (C=O) groups excluding carboxylic acids is 4. The number of aryl methyl sites for hydroxylation is 3. The number of hydrogen-bond acceptors (Lipinski definition) is 7. The molecule has 1 heterocycles. The van der Waals surface area contributed by atoms with Gasteiger partial charge in [0.1, 0.15) is 6.54 Å². The molecule has 0 atom stereocenters. The third-order valence-corrected chi connectivity index (χ3v) is 7.82. The summed E-state index contributed by atoms with van der Waals surface area (Å²) in [7, 11) is 1.45. The number of thioether (sulfide) groups is 1. The van der Waals surface area contributed by atoms with Gasteiger partial charge in [-0.1, -0.05) is 39.7 Å². The molecular weight excluding hydrogens is 610 g/mol.